The van der Waals surface area contributed by atoms with Crippen LogP contribution in [0, 0.1) is 5.82 Å². The van der Waals surface area contributed by atoms with E-state index in [0.29, 0.717) is 12.3 Å². The number of benzene rings is 1. The van der Waals surface area contributed by atoms with Gasteiger partial charge in [-0.1, -0.05) is 0 Å². The molecular formula is C11H7F4N3O4S. The van der Waals surface area contributed by atoms with Crippen molar-refractivity contribution < 1.29 is 26.0 Å². The summed E-state index contributed by atoms with van der Waals surface area (Å²) in [5.41, 5.74) is -4.51. The summed E-state index contributed by atoms with van der Waals surface area (Å²) in [6, 6.07) is 1.42. The van der Waals surface area contributed by atoms with Gasteiger partial charge in [0.05, 0.1) is 5.56 Å². The monoisotopic (exact) mass is 353 g/mol. The summed E-state index contributed by atoms with van der Waals surface area (Å²) in [6.07, 6.45) is -4.45. The molecule has 2 rings (SSSR count). The maximum absolute atomic E-state index is 13.1. The van der Waals surface area contributed by atoms with Crippen molar-refractivity contribution in [3.63, 3.8) is 0 Å². The molecule has 0 atom stereocenters. The predicted molar refractivity (Wildman–Crippen MR) is 69.9 cm³/mol. The molecule has 2 aromatic rings. The summed E-state index contributed by atoms with van der Waals surface area (Å²) in [5, 5.41) is 0. The third kappa shape index (κ3) is 3.59. The molecule has 12 heteroatoms. The molecule has 1 aromatic heterocycles. The molecule has 7 nitrogen and oxygen atoms in total. The summed E-state index contributed by atoms with van der Waals surface area (Å²) >= 11 is 0. The highest BCUT2D eigenvalue weighted by molar-refractivity contribution is 7.92. The topological polar surface area (TPSA) is 112 Å². The van der Waals surface area contributed by atoms with Gasteiger partial charge >= 0.3 is 11.9 Å². The van der Waals surface area contributed by atoms with Gasteiger partial charge in [0, 0.05) is 11.9 Å². The molecule has 1 heterocycles. The number of alkyl halides is 3. The second-order valence-corrected chi connectivity index (χ2v) is 5.88. The molecule has 23 heavy (non-hydrogen) atoms. The first-order chi connectivity index (χ1) is 10.5. The van der Waals surface area contributed by atoms with E-state index >= 15 is 0 Å². The van der Waals surface area contributed by atoms with E-state index in [-0.39, 0.29) is 6.07 Å². The van der Waals surface area contributed by atoms with E-state index in [1.165, 1.54) is 0 Å². The van der Waals surface area contributed by atoms with Crippen molar-refractivity contribution in [1.29, 1.82) is 0 Å². The minimum absolute atomic E-state index is 0.243. The van der Waals surface area contributed by atoms with E-state index in [2.05, 4.69) is 0 Å². The number of halogens is 4. The Morgan fingerprint density at radius 1 is 1.13 bits per heavy atom. The van der Waals surface area contributed by atoms with Gasteiger partial charge in [0.25, 0.3) is 15.6 Å². The highest BCUT2D eigenvalue weighted by Gasteiger charge is 2.34. The largest absolute Gasteiger partial charge is 0.419 e. The predicted octanol–water partition coefficient (Wildman–Crippen LogP) is 1.02. The fraction of sp³-hybridized carbons (Fsp3) is 0.0909. The first-order valence-electron chi connectivity index (χ1n) is 5.72. The molecule has 1 aromatic carbocycles. The standard InChI is InChI=1S/C11H7F4N3O4S/c12-7-2-1-5(3-6(7)11(13,14)15)18-23(21,22)8-4-16-10(20)17-9(8)19/h1-4,18H,(H2,16,17,19,20). The maximum atomic E-state index is 13.1. The Bertz CT molecular complexity index is 962. The maximum Gasteiger partial charge on any atom is 0.419 e. The van der Waals surface area contributed by atoms with Gasteiger partial charge in [-0.2, -0.15) is 13.2 Å². The van der Waals surface area contributed by atoms with Crippen LogP contribution in [-0.4, -0.2) is 18.4 Å². The lowest BCUT2D eigenvalue weighted by molar-refractivity contribution is -0.139. The Hall–Kier alpha value is -2.63. The van der Waals surface area contributed by atoms with Crippen LogP contribution in [-0.2, 0) is 16.2 Å². The van der Waals surface area contributed by atoms with Gasteiger partial charge in [0.15, 0.2) is 4.90 Å². The molecule has 0 fully saturated rings. The number of hydrogen-bond acceptors (Lipinski definition) is 4. The van der Waals surface area contributed by atoms with Crippen molar-refractivity contribution in [2.45, 2.75) is 11.1 Å². The van der Waals surface area contributed by atoms with Crippen molar-refractivity contribution in [3.05, 3.63) is 56.6 Å². The van der Waals surface area contributed by atoms with Gasteiger partial charge in [-0.3, -0.25) is 14.5 Å². The van der Waals surface area contributed by atoms with E-state index in [9.17, 15) is 35.6 Å². The number of aromatic nitrogens is 2. The molecule has 124 valence electrons. The molecule has 0 spiro atoms. The molecule has 0 radical (unpaired) electrons. The molecule has 0 aliphatic rings. The van der Waals surface area contributed by atoms with Crippen LogP contribution in [0.3, 0.4) is 0 Å². The third-order valence-electron chi connectivity index (χ3n) is 2.60. The van der Waals surface area contributed by atoms with Crippen LogP contribution in [0.15, 0.2) is 38.9 Å². The average molecular weight is 353 g/mol. The molecule has 0 saturated heterocycles. The Balaban J connectivity index is 2.46. The second kappa shape index (κ2) is 5.53. The number of nitrogens with one attached hydrogen (secondary N) is 3. The molecule has 0 aliphatic carbocycles. The lowest BCUT2D eigenvalue weighted by Crippen LogP contribution is -2.29. The lowest BCUT2D eigenvalue weighted by Gasteiger charge is -2.11. The lowest BCUT2D eigenvalue weighted by atomic mass is 10.2. The van der Waals surface area contributed by atoms with Crippen molar-refractivity contribution >= 4 is 15.7 Å². The highest BCUT2D eigenvalue weighted by atomic mass is 32.2. The van der Waals surface area contributed by atoms with E-state index < -0.39 is 49.4 Å². The zero-order valence-corrected chi connectivity index (χ0v) is 11.7. The van der Waals surface area contributed by atoms with Crippen molar-refractivity contribution in [2.75, 3.05) is 4.72 Å². The Morgan fingerprint density at radius 2 is 1.78 bits per heavy atom. The number of aromatic amines is 2. The number of hydrogen-bond donors (Lipinski definition) is 3. The Labute approximate surface area is 125 Å². The first kappa shape index (κ1) is 16.7. The summed E-state index contributed by atoms with van der Waals surface area (Å²) in [4.78, 5) is 24.9. The summed E-state index contributed by atoms with van der Waals surface area (Å²) in [6.45, 7) is 0. The fourth-order valence-corrected chi connectivity index (χ4v) is 2.67. The molecule has 0 saturated carbocycles. The molecule has 0 bridgehead atoms. The van der Waals surface area contributed by atoms with Crippen LogP contribution < -0.4 is 16.0 Å². The summed E-state index contributed by atoms with van der Waals surface area (Å²) < 4.78 is 76.5. The Morgan fingerprint density at radius 3 is 2.35 bits per heavy atom. The fourth-order valence-electron chi connectivity index (χ4n) is 1.61. The molecule has 3 N–H and O–H groups in total. The van der Waals surface area contributed by atoms with Crippen LogP contribution in [0.2, 0.25) is 0 Å². The molecule has 0 amide bonds. The van der Waals surface area contributed by atoms with Gasteiger partial charge in [0.2, 0.25) is 0 Å². The van der Waals surface area contributed by atoms with Crippen LogP contribution in [0.4, 0.5) is 23.2 Å². The van der Waals surface area contributed by atoms with Gasteiger partial charge in [-0.15, -0.1) is 0 Å². The number of rotatable bonds is 3. The van der Waals surface area contributed by atoms with Crippen molar-refractivity contribution in [3.8, 4) is 0 Å². The minimum atomic E-state index is -5.03. The number of anilines is 1. The molecule has 0 aliphatic heterocycles. The van der Waals surface area contributed by atoms with Gasteiger partial charge < -0.3 is 4.98 Å². The van der Waals surface area contributed by atoms with Crippen molar-refractivity contribution in [2.24, 2.45) is 0 Å². The zero-order valence-electron chi connectivity index (χ0n) is 10.9. The second-order valence-electron chi connectivity index (χ2n) is 4.23. The van der Waals surface area contributed by atoms with Crippen LogP contribution in [0.25, 0.3) is 0 Å². The van der Waals surface area contributed by atoms with Crippen LogP contribution in [0.5, 0.6) is 0 Å². The molecular weight excluding hydrogens is 346 g/mol. The van der Waals surface area contributed by atoms with Gasteiger partial charge in [-0.05, 0) is 18.2 Å². The number of H-pyrrole nitrogens is 2. The SMILES string of the molecule is O=c1[nH]cc(S(=O)(=O)Nc2ccc(F)c(C(F)(F)F)c2)c(=O)[nH]1. The average Bonchev–Trinajstić information content (AvgIpc) is 2.39. The Kier molecular flexibility index (Phi) is 4.03. The quantitative estimate of drug-likeness (QED) is 0.715. The van der Waals surface area contributed by atoms with Crippen molar-refractivity contribution in [1.82, 2.24) is 9.97 Å². The van der Waals surface area contributed by atoms with Crippen LogP contribution >= 0.6 is 0 Å². The summed E-state index contributed by atoms with van der Waals surface area (Å²) in [7, 11) is -4.59. The third-order valence-corrected chi connectivity index (χ3v) is 3.99. The zero-order chi connectivity index (χ0) is 17.4. The van der Waals surface area contributed by atoms with Gasteiger partial charge in [0.1, 0.15) is 5.82 Å². The van der Waals surface area contributed by atoms with Crippen LogP contribution in [0.1, 0.15) is 5.56 Å². The molecule has 0 unspecified atom stereocenters. The minimum Gasteiger partial charge on any atom is -0.313 e. The summed E-state index contributed by atoms with van der Waals surface area (Å²) in [5.74, 6) is -1.58. The normalized spacial score (nSPS) is 12.2. The van der Waals surface area contributed by atoms with E-state index in [0.717, 1.165) is 6.07 Å². The van der Waals surface area contributed by atoms with E-state index in [1.807, 2.05) is 4.98 Å². The first-order valence-corrected chi connectivity index (χ1v) is 7.20. The number of sulfonamides is 1. The van der Waals surface area contributed by atoms with E-state index in [1.54, 1.807) is 9.71 Å². The van der Waals surface area contributed by atoms with E-state index in [4.69, 9.17) is 0 Å². The smallest absolute Gasteiger partial charge is 0.313 e. The highest BCUT2D eigenvalue weighted by Crippen LogP contribution is 2.33. The van der Waals surface area contributed by atoms with Gasteiger partial charge in [-0.25, -0.2) is 17.6 Å².